The van der Waals surface area contributed by atoms with E-state index >= 15 is 0 Å². The summed E-state index contributed by atoms with van der Waals surface area (Å²) in [5, 5.41) is 8.42. The fourth-order valence-electron chi connectivity index (χ4n) is 0.719. The smallest absolute Gasteiger partial charge is 0.414 e. The summed E-state index contributed by atoms with van der Waals surface area (Å²) in [7, 11) is 0. The summed E-state index contributed by atoms with van der Waals surface area (Å²) in [5.41, 5.74) is 0. The predicted octanol–water partition coefficient (Wildman–Crippen LogP) is 0.921. The first-order chi connectivity index (χ1) is 4.46. The van der Waals surface area contributed by atoms with Gasteiger partial charge in [0.1, 0.15) is 0 Å². The van der Waals surface area contributed by atoms with Crippen molar-refractivity contribution in [2.24, 2.45) is 0 Å². The minimum absolute atomic E-state index is 0.282. The van der Waals surface area contributed by atoms with Crippen molar-refractivity contribution in [1.82, 2.24) is 4.90 Å². The van der Waals surface area contributed by atoms with E-state index in [1.165, 1.54) is 6.92 Å². The van der Waals surface area contributed by atoms with Crippen molar-refractivity contribution in [3.8, 4) is 0 Å². The van der Waals surface area contributed by atoms with Gasteiger partial charge in [-0.15, -0.1) is 0 Å². The van der Waals surface area contributed by atoms with E-state index in [9.17, 15) is 9.59 Å². The quantitative estimate of drug-likeness (QED) is 0.596. The number of rotatable bonds is 1. The van der Waals surface area contributed by atoms with Crippen molar-refractivity contribution in [2.45, 2.75) is 26.8 Å². The molecule has 0 atom stereocenters. The molecule has 4 heteroatoms. The van der Waals surface area contributed by atoms with Crippen LogP contribution in [0.5, 0.6) is 0 Å². The van der Waals surface area contributed by atoms with Gasteiger partial charge in [-0.1, -0.05) is 0 Å². The molecule has 0 radical (unpaired) electrons. The van der Waals surface area contributed by atoms with E-state index in [-0.39, 0.29) is 6.04 Å². The van der Waals surface area contributed by atoms with Crippen LogP contribution in [0.15, 0.2) is 0 Å². The summed E-state index contributed by atoms with van der Waals surface area (Å²) in [6, 6.07) is -0.282. The molecule has 0 bridgehead atoms. The topological polar surface area (TPSA) is 57.6 Å². The van der Waals surface area contributed by atoms with Gasteiger partial charge in [0, 0.05) is 13.0 Å². The molecule has 0 aromatic carbocycles. The maximum absolute atomic E-state index is 10.6. The second-order valence-corrected chi connectivity index (χ2v) is 2.27. The lowest BCUT2D eigenvalue weighted by Crippen LogP contribution is -2.39. The molecular weight excluding hydrogens is 134 g/mol. The zero-order valence-electron chi connectivity index (χ0n) is 6.29. The second kappa shape index (κ2) is 3.20. The van der Waals surface area contributed by atoms with Crippen molar-refractivity contribution in [2.75, 3.05) is 0 Å². The molecule has 1 N–H and O–H groups in total. The van der Waals surface area contributed by atoms with Gasteiger partial charge in [0.25, 0.3) is 0 Å². The molecule has 58 valence electrons. The summed E-state index contributed by atoms with van der Waals surface area (Å²) in [4.78, 5) is 21.6. The highest BCUT2D eigenvalue weighted by molar-refractivity contribution is 5.89. The Kier molecular flexibility index (Phi) is 2.86. The van der Waals surface area contributed by atoms with Crippen LogP contribution in [-0.2, 0) is 4.79 Å². The van der Waals surface area contributed by atoms with Crippen LogP contribution in [0, 0.1) is 0 Å². The van der Waals surface area contributed by atoms with Crippen LogP contribution < -0.4 is 0 Å². The van der Waals surface area contributed by atoms with Gasteiger partial charge in [-0.05, 0) is 13.8 Å². The van der Waals surface area contributed by atoms with Gasteiger partial charge >= 0.3 is 6.09 Å². The molecule has 10 heavy (non-hydrogen) atoms. The van der Waals surface area contributed by atoms with Gasteiger partial charge < -0.3 is 5.11 Å². The van der Waals surface area contributed by atoms with Gasteiger partial charge in [-0.3, -0.25) is 4.79 Å². The Labute approximate surface area is 59.4 Å². The zero-order chi connectivity index (χ0) is 8.31. The Bertz CT molecular complexity index is 139. The fraction of sp³-hybridized carbons (Fsp3) is 0.667. The van der Waals surface area contributed by atoms with Gasteiger partial charge in [-0.2, -0.15) is 0 Å². The lowest BCUT2D eigenvalue weighted by atomic mass is 10.3. The summed E-state index contributed by atoms with van der Waals surface area (Å²) < 4.78 is 0. The SMILES string of the molecule is CC(=O)N(C(=O)O)C(C)C. The van der Waals surface area contributed by atoms with Crippen LogP contribution in [0.25, 0.3) is 0 Å². The van der Waals surface area contributed by atoms with Crippen LogP contribution in [-0.4, -0.2) is 28.0 Å². The maximum Gasteiger partial charge on any atom is 0.414 e. The van der Waals surface area contributed by atoms with Crippen molar-refractivity contribution >= 4 is 12.0 Å². The number of carbonyl (C=O) groups is 2. The molecule has 0 heterocycles. The number of imide groups is 1. The second-order valence-electron chi connectivity index (χ2n) is 2.27. The molecule has 0 saturated heterocycles. The molecule has 0 saturated carbocycles. The van der Waals surface area contributed by atoms with Crippen molar-refractivity contribution in [3.63, 3.8) is 0 Å². The van der Waals surface area contributed by atoms with Crippen LogP contribution in [0.1, 0.15) is 20.8 Å². The molecule has 0 aliphatic rings. The largest absolute Gasteiger partial charge is 0.465 e. The van der Waals surface area contributed by atoms with Crippen molar-refractivity contribution in [1.29, 1.82) is 0 Å². The molecule has 2 amide bonds. The Hall–Kier alpha value is -1.06. The van der Waals surface area contributed by atoms with E-state index in [1.54, 1.807) is 13.8 Å². The lowest BCUT2D eigenvalue weighted by Gasteiger charge is -2.18. The standard InChI is InChI=1S/C6H11NO3/c1-4(2)7(5(3)8)6(9)10/h4H,1-3H3,(H,9,10). The minimum atomic E-state index is -1.19. The average Bonchev–Trinajstić information content (AvgIpc) is 1.59. The van der Waals surface area contributed by atoms with Gasteiger partial charge in [0.2, 0.25) is 5.91 Å². The Morgan fingerprint density at radius 1 is 1.40 bits per heavy atom. The normalized spacial score (nSPS) is 9.60. The van der Waals surface area contributed by atoms with E-state index in [2.05, 4.69) is 0 Å². The average molecular weight is 145 g/mol. The third-order valence-electron chi connectivity index (χ3n) is 1.06. The van der Waals surface area contributed by atoms with E-state index in [1.807, 2.05) is 0 Å². The zero-order valence-corrected chi connectivity index (χ0v) is 6.29. The van der Waals surface area contributed by atoms with E-state index in [0.29, 0.717) is 0 Å². The summed E-state index contributed by atoms with van der Waals surface area (Å²) in [6.45, 7) is 4.53. The molecule has 0 aliphatic carbocycles. The van der Waals surface area contributed by atoms with Crippen LogP contribution in [0.2, 0.25) is 0 Å². The minimum Gasteiger partial charge on any atom is -0.465 e. The highest BCUT2D eigenvalue weighted by Crippen LogP contribution is 1.98. The van der Waals surface area contributed by atoms with Gasteiger partial charge in [0.15, 0.2) is 0 Å². The first-order valence-electron chi connectivity index (χ1n) is 2.99. The first-order valence-corrected chi connectivity index (χ1v) is 2.99. The van der Waals surface area contributed by atoms with Crippen molar-refractivity contribution < 1.29 is 14.7 Å². The van der Waals surface area contributed by atoms with Crippen molar-refractivity contribution in [3.05, 3.63) is 0 Å². The van der Waals surface area contributed by atoms with E-state index in [4.69, 9.17) is 5.11 Å². The van der Waals surface area contributed by atoms with Gasteiger partial charge in [0.05, 0.1) is 0 Å². The molecule has 0 spiro atoms. The number of nitrogens with zero attached hydrogens (tertiary/aromatic N) is 1. The Morgan fingerprint density at radius 2 is 1.80 bits per heavy atom. The third-order valence-corrected chi connectivity index (χ3v) is 1.06. The summed E-state index contributed by atoms with van der Waals surface area (Å²) in [6.07, 6.45) is -1.19. The molecule has 0 fully saturated rings. The van der Waals surface area contributed by atoms with E-state index < -0.39 is 12.0 Å². The highest BCUT2D eigenvalue weighted by Gasteiger charge is 2.19. The van der Waals surface area contributed by atoms with Crippen LogP contribution in [0.3, 0.4) is 0 Å². The molecule has 0 aliphatic heterocycles. The molecule has 0 rings (SSSR count). The highest BCUT2D eigenvalue weighted by atomic mass is 16.4. The maximum atomic E-state index is 10.6. The molecular formula is C6H11NO3. The van der Waals surface area contributed by atoms with Crippen LogP contribution in [0.4, 0.5) is 4.79 Å². The Morgan fingerprint density at radius 3 is 1.80 bits per heavy atom. The molecule has 0 unspecified atom stereocenters. The van der Waals surface area contributed by atoms with Gasteiger partial charge in [-0.25, -0.2) is 9.69 Å². The first kappa shape index (κ1) is 8.94. The number of carbonyl (C=O) groups excluding carboxylic acids is 1. The number of carboxylic acid groups (broad SMARTS) is 1. The monoisotopic (exact) mass is 145 g/mol. The summed E-state index contributed by atoms with van der Waals surface area (Å²) in [5.74, 6) is -0.442. The number of hydrogen-bond acceptors (Lipinski definition) is 2. The molecule has 0 aromatic heterocycles. The molecule has 4 nitrogen and oxygen atoms in total. The third kappa shape index (κ3) is 2.05. The lowest BCUT2D eigenvalue weighted by molar-refractivity contribution is -0.128. The Balaban J connectivity index is 4.27. The fourth-order valence-corrected chi connectivity index (χ4v) is 0.719. The summed E-state index contributed by atoms with van der Waals surface area (Å²) >= 11 is 0. The number of hydrogen-bond donors (Lipinski definition) is 1. The molecule has 0 aromatic rings. The number of amides is 2. The van der Waals surface area contributed by atoms with Crippen LogP contribution >= 0.6 is 0 Å². The van der Waals surface area contributed by atoms with E-state index in [0.717, 1.165) is 4.90 Å². The predicted molar refractivity (Wildman–Crippen MR) is 35.7 cm³/mol.